The molecule has 1 saturated heterocycles. The molecule has 1 fully saturated rings. The molecular weight excluding hydrogens is 246 g/mol. The SMILES string of the molecule is CC(C)(C)c1cc(Cl)cc(C2CCCCN2)c1O. The van der Waals surface area contributed by atoms with Gasteiger partial charge in [0.05, 0.1) is 0 Å². The van der Waals surface area contributed by atoms with E-state index in [2.05, 4.69) is 26.1 Å². The van der Waals surface area contributed by atoms with Crippen LogP contribution in [0.1, 0.15) is 57.2 Å². The van der Waals surface area contributed by atoms with Gasteiger partial charge in [0.25, 0.3) is 0 Å². The molecule has 2 nitrogen and oxygen atoms in total. The van der Waals surface area contributed by atoms with Crippen LogP contribution in [0.3, 0.4) is 0 Å². The van der Waals surface area contributed by atoms with Crippen molar-refractivity contribution in [3.63, 3.8) is 0 Å². The summed E-state index contributed by atoms with van der Waals surface area (Å²) in [5.74, 6) is 0.409. The lowest BCUT2D eigenvalue weighted by Gasteiger charge is -2.28. The Hall–Kier alpha value is -0.730. The monoisotopic (exact) mass is 267 g/mol. The largest absolute Gasteiger partial charge is 0.507 e. The molecule has 100 valence electrons. The smallest absolute Gasteiger partial charge is 0.124 e. The Balaban J connectivity index is 2.44. The van der Waals surface area contributed by atoms with Crippen LogP contribution in [-0.2, 0) is 5.41 Å². The molecule has 0 radical (unpaired) electrons. The highest BCUT2D eigenvalue weighted by molar-refractivity contribution is 6.30. The van der Waals surface area contributed by atoms with Crippen LogP contribution in [0.4, 0.5) is 0 Å². The summed E-state index contributed by atoms with van der Waals surface area (Å²) in [6.45, 7) is 7.30. The summed E-state index contributed by atoms with van der Waals surface area (Å²) >= 11 is 6.21. The van der Waals surface area contributed by atoms with E-state index < -0.39 is 0 Å². The van der Waals surface area contributed by atoms with Crippen molar-refractivity contribution in [3.8, 4) is 5.75 Å². The molecule has 1 heterocycles. The maximum Gasteiger partial charge on any atom is 0.124 e. The molecular formula is C15H22ClNO. The first-order chi connectivity index (χ1) is 8.39. The fourth-order valence-corrected chi connectivity index (χ4v) is 2.80. The van der Waals surface area contributed by atoms with Crippen molar-refractivity contribution in [1.29, 1.82) is 0 Å². The van der Waals surface area contributed by atoms with Crippen molar-refractivity contribution >= 4 is 11.6 Å². The number of nitrogens with one attached hydrogen (secondary N) is 1. The van der Waals surface area contributed by atoms with Crippen molar-refractivity contribution in [2.75, 3.05) is 6.54 Å². The van der Waals surface area contributed by atoms with Crippen molar-refractivity contribution < 1.29 is 5.11 Å². The minimum Gasteiger partial charge on any atom is -0.507 e. The number of benzene rings is 1. The molecule has 3 heteroatoms. The van der Waals surface area contributed by atoms with E-state index in [-0.39, 0.29) is 11.5 Å². The second-order valence-corrected chi connectivity index (χ2v) is 6.58. The topological polar surface area (TPSA) is 32.3 Å². The fourth-order valence-electron chi connectivity index (χ4n) is 2.57. The molecule has 18 heavy (non-hydrogen) atoms. The summed E-state index contributed by atoms with van der Waals surface area (Å²) in [5.41, 5.74) is 1.78. The predicted molar refractivity (Wildman–Crippen MR) is 76.4 cm³/mol. The third-order valence-corrected chi connectivity index (χ3v) is 3.82. The number of hydrogen-bond donors (Lipinski definition) is 2. The van der Waals surface area contributed by atoms with E-state index in [4.69, 9.17) is 11.6 Å². The first-order valence-corrected chi connectivity index (χ1v) is 7.03. The first kappa shape index (κ1) is 13.7. The average molecular weight is 268 g/mol. The molecule has 2 N–H and O–H groups in total. The Morgan fingerprint density at radius 3 is 2.56 bits per heavy atom. The number of hydrogen-bond acceptors (Lipinski definition) is 2. The maximum atomic E-state index is 10.5. The van der Waals surface area contributed by atoms with Gasteiger partial charge in [0.1, 0.15) is 5.75 Å². The molecule has 1 aliphatic heterocycles. The van der Waals surface area contributed by atoms with Crippen LogP contribution in [0.5, 0.6) is 5.75 Å². The van der Waals surface area contributed by atoms with Gasteiger partial charge < -0.3 is 10.4 Å². The highest BCUT2D eigenvalue weighted by Crippen LogP contribution is 2.40. The van der Waals surface area contributed by atoms with E-state index in [1.54, 1.807) is 0 Å². The van der Waals surface area contributed by atoms with Gasteiger partial charge in [-0.1, -0.05) is 38.8 Å². The van der Waals surface area contributed by atoms with Gasteiger partial charge in [-0.25, -0.2) is 0 Å². The molecule has 1 atom stereocenters. The van der Waals surface area contributed by atoms with Gasteiger partial charge >= 0.3 is 0 Å². The molecule has 2 rings (SSSR count). The van der Waals surface area contributed by atoms with Gasteiger partial charge in [0, 0.05) is 22.2 Å². The summed E-state index contributed by atoms with van der Waals surface area (Å²) < 4.78 is 0. The predicted octanol–water partition coefficient (Wildman–Crippen LogP) is 4.16. The van der Waals surface area contributed by atoms with Crippen LogP contribution in [0.25, 0.3) is 0 Å². The third kappa shape index (κ3) is 2.81. The van der Waals surface area contributed by atoms with Crippen LogP contribution in [0.15, 0.2) is 12.1 Å². The third-order valence-electron chi connectivity index (χ3n) is 3.60. The lowest BCUT2D eigenvalue weighted by Crippen LogP contribution is -2.27. The number of phenols is 1. The zero-order valence-electron chi connectivity index (χ0n) is 11.4. The van der Waals surface area contributed by atoms with Gasteiger partial charge in [-0.2, -0.15) is 0 Å². The van der Waals surface area contributed by atoms with Crippen LogP contribution >= 0.6 is 11.6 Å². The second-order valence-electron chi connectivity index (χ2n) is 6.14. The van der Waals surface area contributed by atoms with Crippen LogP contribution in [0.2, 0.25) is 5.02 Å². The Morgan fingerprint density at radius 1 is 1.28 bits per heavy atom. The minimum absolute atomic E-state index is 0.0988. The minimum atomic E-state index is -0.0988. The Morgan fingerprint density at radius 2 is 2.00 bits per heavy atom. The quantitative estimate of drug-likeness (QED) is 0.801. The molecule has 0 saturated carbocycles. The maximum absolute atomic E-state index is 10.5. The van der Waals surface area contributed by atoms with Gasteiger partial charge in [-0.15, -0.1) is 0 Å². The summed E-state index contributed by atoms with van der Waals surface area (Å²) in [7, 11) is 0. The molecule has 0 bridgehead atoms. The number of rotatable bonds is 1. The Labute approximate surface area is 114 Å². The molecule has 0 amide bonds. The van der Waals surface area contributed by atoms with Crippen molar-refractivity contribution in [2.24, 2.45) is 0 Å². The summed E-state index contributed by atoms with van der Waals surface area (Å²) in [5, 5.41) is 14.7. The van der Waals surface area contributed by atoms with Gasteiger partial charge in [0.2, 0.25) is 0 Å². The number of piperidine rings is 1. The molecule has 1 unspecified atom stereocenters. The Kier molecular flexibility index (Phi) is 3.88. The Bertz CT molecular complexity index is 431. The molecule has 1 aliphatic rings. The van der Waals surface area contributed by atoms with Crippen LogP contribution in [-0.4, -0.2) is 11.7 Å². The fraction of sp³-hybridized carbons (Fsp3) is 0.600. The van der Waals surface area contributed by atoms with Crippen molar-refractivity contribution in [3.05, 3.63) is 28.3 Å². The van der Waals surface area contributed by atoms with Crippen LogP contribution < -0.4 is 5.32 Å². The zero-order chi connectivity index (χ0) is 13.3. The normalized spacial score (nSPS) is 21.0. The molecule has 0 spiro atoms. The molecule has 0 aromatic heterocycles. The van der Waals surface area contributed by atoms with E-state index in [0.717, 1.165) is 24.1 Å². The van der Waals surface area contributed by atoms with Gasteiger partial charge in [-0.05, 0) is 36.9 Å². The van der Waals surface area contributed by atoms with E-state index in [1.165, 1.54) is 12.8 Å². The summed E-state index contributed by atoms with van der Waals surface area (Å²) in [6, 6.07) is 4.01. The summed E-state index contributed by atoms with van der Waals surface area (Å²) in [6.07, 6.45) is 3.48. The lowest BCUT2D eigenvalue weighted by molar-refractivity contribution is 0.383. The average Bonchev–Trinajstić information content (AvgIpc) is 2.31. The molecule has 1 aromatic rings. The van der Waals surface area contributed by atoms with Crippen LogP contribution in [0, 0.1) is 0 Å². The highest BCUT2D eigenvalue weighted by Gasteiger charge is 2.25. The highest BCUT2D eigenvalue weighted by atomic mass is 35.5. The van der Waals surface area contributed by atoms with Gasteiger partial charge in [-0.3, -0.25) is 0 Å². The van der Waals surface area contributed by atoms with E-state index >= 15 is 0 Å². The lowest BCUT2D eigenvalue weighted by atomic mass is 9.83. The number of aromatic hydroxyl groups is 1. The standard InChI is InChI=1S/C15H22ClNO/c1-15(2,3)12-9-10(16)8-11(14(12)18)13-6-4-5-7-17-13/h8-9,13,17-18H,4-7H2,1-3H3. The molecule has 0 aliphatic carbocycles. The second kappa shape index (κ2) is 5.10. The van der Waals surface area contributed by atoms with Crippen molar-refractivity contribution in [1.82, 2.24) is 5.32 Å². The van der Waals surface area contributed by atoms with E-state index in [1.807, 2.05) is 12.1 Å². The zero-order valence-corrected chi connectivity index (χ0v) is 12.1. The first-order valence-electron chi connectivity index (χ1n) is 6.66. The van der Waals surface area contributed by atoms with Crippen molar-refractivity contribution in [2.45, 2.75) is 51.5 Å². The van der Waals surface area contributed by atoms with E-state index in [0.29, 0.717) is 10.8 Å². The molecule has 1 aromatic carbocycles. The van der Waals surface area contributed by atoms with E-state index in [9.17, 15) is 5.11 Å². The summed E-state index contributed by atoms with van der Waals surface area (Å²) in [4.78, 5) is 0. The number of halogens is 1. The van der Waals surface area contributed by atoms with Gasteiger partial charge in [0.15, 0.2) is 0 Å². The number of phenolic OH excluding ortho intramolecular Hbond substituents is 1.